The first-order valence-electron chi connectivity index (χ1n) is 3.92. The van der Waals surface area contributed by atoms with E-state index in [0.717, 1.165) is 0 Å². The van der Waals surface area contributed by atoms with E-state index in [1.807, 2.05) is 0 Å². The fourth-order valence-electron chi connectivity index (χ4n) is 0.818. The van der Waals surface area contributed by atoms with E-state index < -0.39 is 0 Å². The highest BCUT2D eigenvalue weighted by Gasteiger charge is 2.02. The maximum atomic E-state index is 11.1. The number of aromatic nitrogens is 3. The minimum Gasteiger partial charge on any atom is -0.308 e. The molecule has 2 N–H and O–H groups in total. The maximum absolute atomic E-state index is 11.1. The molecule has 0 saturated carbocycles. The summed E-state index contributed by atoms with van der Waals surface area (Å²) in [5, 5.41) is 12.2. The predicted octanol–water partition coefficient (Wildman–Crippen LogP) is 0.547. The number of rotatable bonds is 4. The Bertz CT molecular complexity index is 298. The van der Waals surface area contributed by atoms with Crippen molar-refractivity contribution < 1.29 is 4.79 Å². The Morgan fingerprint density at radius 3 is 3.23 bits per heavy atom. The van der Waals surface area contributed by atoms with E-state index in [9.17, 15) is 4.79 Å². The van der Waals surface area contributed by atoms with Crippen LogP contribution in [-0.2, 0) is 4.79 Å². The number of amides is 1. The van der Waals surface area contributed by atoms with Crippen LogP contribution in [0, 0.1) is 12.3 Å². The highest BCUT2D eigenvalue weighted by Crippen LogP contribution is 2.00. The van der Waals surface area contributed by atoms with Crippen molar-refractivity contribution in [1.29, 1.82) is 0 Å². The van der Waals surface area contributed by atoms with E-state index >= 15 is 0 Å². The molecule has 0 fully saturated rings. The normalized spacial score (nSPS) is 9.15. The molecule has 1 rings (SSSR count). The van der Waals surface area contributed by atoms with Crippen LogP contribution in [0.5, 0.6) is 0 Å². The monoisotopic (exact) mass is 178 g/mol. The lowest BCUT2D eigenvalue weighted by molar-refractivity contribution is -0.116. The first kappa shape index (κ1) is 9.26. The number of anilines is 1. The highest BCUT2D eigenvalue weighted by atomic mass is 16.1. The van der Waals surface area contributed by atoms with E-state index in [2.05, 4.69) is 26.6 Å². The van der Waals surface area contributed by atoms with Gasteiger partial charge in [-0.3, -0.25) is 4.79 Å². The molecule has 0 aliphatic rings. The highest BCUT2D eigenvalue weighted by molar-refractivity contribution is 5.89. The zero-order chi connectivity index (χ0) is 9.52. The number of aromatic amines is 1. The molecule has 0 radical (unpaired) electrons. The van der Waals surface area contributed by atoms with Gasteiger partial charge >= 0.3 is 0 Å². The lowest BCUT2D eigenvalue weighted by Gasteiger charge is -1.98. The van der Waals surface area contributed by atoms with Crippen LogP contribution < -0.4 is 5.32 Å². The van der Waals surface area contributed by atoms with Gasteiger partial charge in [-0.05, 0) is 6.42 Å². The van der Waals surface area contributed by atoms with Crippen molar-refractivity contribution >= 4 is 11.7 Å². The number of nitrogens with zero attached hydrogens (tertiary/aromatic N) is 2. The van der Waals surface area contributed by atoms with Crippen LogP contribution in [0.2, 0.25) is 0 Å². The van der Waals surface area contributed by atoms with E-state index in [1.165, 1.54) is 6.20 Å². The molecule has 1 heterocycles. The zero-order valence-corrected chi connectivity index (χ0v) is 7.08. The smallest absolute Gasteiger partial charge is 0.225 e. The van der Waals surface area contributed by atoms with Crippen molar-refractivity contribution in [2.45, 2.75) is 19.3 Å². The van der Waals surface area contributed by atoms with E-state index in [4.69, 9.17) is 6.42 Å². The molecule has 0 unspecified atom stereocenters. The topological polar surface area (TPSA) is 70.7 Å². The van der Waals surface area contributed by atoms with E-state index in [-0.39, 0.29) is 5.91 Å². The Kier molecular flexibility index (Phi) is 3.51. The van der Waals surface area contributed by atoms with Crippen LogP contribution in [0.25, 0.3) is 0 Å². The molecule has 0 saturated heterocycles. The Morgan fingerprint density at radius 2 is 2.62 bits per heavy atom. The average molecular weight is 178 g/mol. The fourth-order valence-corrected chi connectivity index (χ4v) is 0.818. The summed E-state index contributed by atoms with van der Waals surface area (Å²) in [4.78, 5) is 11.1. The molecule has 0 aliphatic heterocycles. The van der Waals surface area contributed by atoms with Gasteiger partial charge in [0.25, 0.3) is 0 Å². The summed E-state index contributed by atoms with van der Waals surface area (Å²) < 4.78 is 0. The molecular weight excluding hydrogens is 168 g/mol. The van der Waals surface area contributed by atoms with Crippen molar-refractivity contribution in [1.82, 2.24) is 15.4 Å². The number of carbonyl (C=O) groups excluding carboxylic acids is 1. The van der Waals surface area contributed by atoms with E-state index in [1.54, 1.807) is 0 Å². The fraction of sp³-hybridized carbons (Fsp3) is 0.375. The predicted molar refractivity (Wildman–Crippen MR) is 47.7 cm³/mol. The summed E-state index contributed by atoms with van der Waals surface area (Å²) in [5.74, 6) is 2.81. The van der Waals surface area contributed by atoms with Gasteiger partial charge in [-0.1, -0.05) is 0 Å². The summed E-state index contributed by atoms with van der Waals surface area (Å²) >= 11 is 0. The summed E-state index contributed by atoms with van der Waals surface area (Å²) in [6, 6.07) is 0. The molecule has 1 amide bonds. The number of carbonyl (C=O) groups is 1. The molecular formula is C8H10N4O. The third-order valence-electron chi connectivity index (χ3n) is 1.41. The molecule has 0 bridgehead atoms. The van der Waals surface area contributed by atoms with Crippen molar-refractivity contribution in [3.8, 4) is 12.3 Å². The Hall–Kier alpha value is -1.83. The van der Waals surface area contributed by atoms with Gasteiger partial charge < -0.3 is 5.32 Å². The Balaban J connectivity index is 2.23. The van der Waals surface area contributed by atoms with Gasteiger partial charge in [0.15, 0.2) is 5.82 Å². The molecule has 1 aromatic rings. The quantitative estimate of drug-likeness (QED) is 0.522. The van der Waals surface area contributed by atoms with Crippen LogP contribution in [0.15, 0.2) is 6.20 Å². The van der Waals surface area contributed by atoms with Crippen molar-refractivity contribution in [2.75, 3.05) is 5.32 Å². The van der Waals surface area contributed by atoms with Gasteiger partial charge in [0.05, 0.1) is 6.20 Å². The van der Waals surface area contributed by atoms with Crippen LogP contribution >= 0.6 is 0 Å². The van der Waals surface area contributed by atoms with Crippen LogP contribution in [0.3, 0.4) is 0 Å². The summed E-state index contributed by atoms with van der Waals surface area (Å²) in [6.07, 6.45) is 8.21. The van der Waals surface area contributed by atoms with Gasteiger partial charge in [0, 0.05) is 12.8 Å². The van der Waals surface area contributed by atoms with Crippen molar-refractivity contribution in [3.63, 3.8) is 0 Å². The summed E-state index contributed by atoms with van der Waals surface area (Å²) in [5.41, 5.74) is 0. The second-order valence-electron chi connectivity index (χ2n) is 2.46. The van der Waals surface area contributed by atoms with Crippen LogP contribution in [-0.4, -0.2) is 21.3 Å². The van der Waals surface area contributed by atoms with Gasteiger partial charge in [-0.15, -0.1) is 17.4 Å². The molecule has 13 heavy (non-hydrogen) atoms. The van der Waals surface area contributed by atoms with Crippen LogP contribution in [0.1, 0.15) is 19.3 Å². The largest absolute Gasteiger partial charge is 0.308 e. The number of terminal acetylenes is 1. The molecule has 0 spiro atoms. The third-order valence-corrected chi connectivity index (χ3v) is 1.41. The lowest BCUT2D eigenvalue weighted by Crippen LogP contribution is -2.11. The standard InChI is InChI=1S/C8H10N4O/c1-2-3-4-5-8(13)10-7-6-9-12-11-7/h1,6H,3-5H2,(H2,9,10,11,12,13). The Morgan fingerprint density at radius 1 is 1.77 bits per heavy atom. The molecule has 68 valence electrons. The first-order chi connectivity index (χ1) is 6.33. The van der Waals surface area contributed by atoms with E-state index in [0.29, 0.717) is 25.1 Å². The van der Waals surface area contributed by atoms with Crippen molar-refractivity contribution in [3.05, 3.63) is 6.20 Å². The average Bonchev–Trinajstić information content (AvgIpc) is 2.57. The number of nitrogens with one attached hydrogen (secondary N) is 2. The van der Waals surface area contributed by atoms with Crippen molar-refractivity contribution in [2.24, 2.45) is 0 Å². The second kappa shape index (κ2) is 4.93. The van der Waals surface area contributed by atoms with Gasteiger partial charge in [-0.25, -0.2) is 0 Å². The number of H-pyrrole nitrogens is 1. The maximum Gasteiger partial charge on any atom is 0.225 e. The van der Waals surface area contributed by atoms with Gasteiger partial charge in [0.1, 0.15) is 0 Å². The van der Waals surface area contributed by atoms with Crippen LogP contribution in [0.4, 0.5) is 5.82 Å². The van der Waals surface area contributed by atoms with Gasteiger partial charge in [0.2, 0.25) is 5.91 Å². The molecule has 5 nitrogen and oxygen atoms in total. The molecule has 0 aromatic carbocycles. The number of hydrogen-bond acceptors (Lipinski definition) is 3. The molecule has 5 heteroatoms. The SMILES string of the molecule is C#CCCCC(=O)Nc1cn[nH]n1. The number of hydrogen-bond donors (Lipinski definition) is 2. The zero-order valence-electron chi connectivity index (χ0n) is 7.08. The Labute approximate surface area is 75.9 Å². The second-order valence-corrected chi connectivity index (χ2v) is 2.46. The molecule has 0 atom stereocenters. The summed E-state index contributed by atoms with van der Waals surface area (Å²) in [6.45, 7) is 0. The first-order valence-corrected chi connectivity index (χ1v) is 3.92. The third kappa shape index (κ3) is 3.38. The molecule has 1 aromatic heterocycles. The minimum absolute atomic E-state index is 0.0934. The number of unbranched alkanes of at least 4 members (excludes halogenated alkanes) is 1. The lowest BCUT2D eigenvalue weighted by atomic mass is 10.2. The minimum atomic E-state index is -0.0934. The summed E-state index contributed by atoms with van der Waals surface area (Å²) in [7, 11) is 0. The van der Waals surface area contributed by atoms with Gasteiger partial charge in [-0.2, -0.15) is 10.3 Å². The molecule has 0 aliphatic carbocycles.